The van der Waals surface area contributed by atoms with Crippen LogP contribution >= 0.6 is 0 Å². The highest BCUT2D eigenvalue weighted by molar-refractivity contribution is 5.92. The molecular weight excluding hydrogens is 316 g/mol. The van der Waals surface area contributed by atoms with Crippen LogP contribution in [-0.4, -0.2) is 36.0 Å². The number of nitrogens with zero attached hydrogens (tertiary/aromatic N) is 2. The van der Waals surface area contributed by atoms with Gasteiger partial charge in [-0.15, -0.1) is 13.2 Å². The van der Waals surface area contributed by atoms with Crippen molar-refractivity contribution in [1.82, 2.24) is 4.90 Å². The molecule has 1 amide bonds. The van der Waals surface area contributed by atoms with Gasteiger partial charge in [0.15, 0.2) is 6.10 Å². The van der Waals surface area contributed by atoms with Crippen molar-refractivity contribution < 1.29 is 14.3 Å². The van der Waals surface area contributed by atoms with Crippen molar-refractivity contribution in [2.45, 2.75) is 31.3 Å². The number of amides is 1. The minimum atomic E-state index is -0.915. The normalized spacial score (nSPS) is 15.4. The van der Waals surface area contributed by atoms with Crippen LogP contribution in [0.15, 0.2) is 49.6 Å². The van der Waals surface area contributed by atoms with E-state index in [-0.39, 0.29) is 5.91 Å². The van der Waals surface area contributed by atoms with Gasteiger partial charge in [0.25, 0.3) is 5.91 Å². The van der Waals surface area contributed by atoms with Crippen LogP contribution in [0.4, 0.5) is 0 Å². The van der Waals surface area contributed by atoms with E-state index >= 15 is 0 Å². The van der Waals surface area contributed by atoms with Crippen molar-refractivity contribution in [3.63, 3.8) is 0 Å². The van der Waals surface area contributed by atoms with E-state index in [2.05, 4.69) is 19.2 Å². The summed E-state index contributed by atoms with van der Waals surface area (Å²) >= 11 is 0. The second-order valence-electron chi connectivity index (χ2n) is 6.14. The van der Waals surface area contributed by atoms with Gasteiger partial charge in [0.05, 0.1) is 17.0 Å². The molecular formula is C20H22N2O3. The molecule has 5 nitrogen and oxygen atoms in total. The molecule has 130 valence electrons. The summed E-state index contributed by atoms with van der Waals surface area (Å²) in [7, 11) is 0. The standard InChI is InChI=1S/C20H22N2O3/c1-4-11-22(12-5-2)18(23)15(3)25-19(24)16-7-6-8-17(13-16)20(14-21)9-10-20/h4-8,13,15H,1-2,9-12H2,3H3. The van der Waals surface area contributed by atoms with Crippen molar-refractivity contribution in [2.75, 3.05) is 13.1 Å². The molecule has 1 unspecified atom stereocenters. The molecule has 5 heteroatoms. The number of rotatable bonds is 8. The first-order valence-electron chi connectivity index (χ1n) is 8.21. The zero-order valence-corrected chi connectivity index (χ0v) is 14.4. The third kappa shape index (κ3) is 4.16. The van der Waals surface area contributed by atoms with E-state index in [1.54, 1.807) is 37.3 Å². The van der Waals surface area contributed by atoms with Crippen LogP contribution < -0.4 is 0 Å². The topological polar surface area (TPSA) is 70.4 Å². The quantitative estimate of drug-likeness (QED) is 0.540. The van der Waals surface area contributed by atoms with E-state index in [0.717, 1.165) is 18.4 Å². The SMILES string of the molecule is C=CCN(CC=C)C(=O)C(C)OC(=O)c1cccc(C2(C#N)CC2)c1. The molecule has 1 aromatic rings. The van der Waals surface area contributed by atoms with Gasteiger partial charge >= 0.3 is 5.97 Å². The molecule has 0 N–H and O–H groups in total. The van der Waals surface area contributed by atoms with Gasteiger partial charge in [-0.05, 0) is 37.5 Å². The molecule has 0 bridgehead atoms. The van der Waals surface area contributed by atoms with Crippen LogP contribution in [0, 0.1) is 11.3 Å². The fourth-order valence-corrected chi connectivity index (χ4v) is 2.64. The average Bonchev–Trinajstić information content (AvgIpc) is 3.42. The van der Waals surface area contributed by atoms with Gasteiger partial charge in [0.2, 0.25) is 0 Å². The minimum Gasteiger partial charge on any atom is -0.449 e. The maximum atomic E-state index is 12.4. The highest BCUT2D eigenvalue weighted by atomic mass is 16.5. The molecule has 1 aromatic carbocycles. The lowest BCUT2D eigenvalue weighted by Crippen LogP contribution is -2.40. The van der Waals surface area contributed by atoms with Crippen molar-refractivity contribution >= 4 is 11.9 Å². The molecule has 1 fully saturated rings. The summed E-state index contributed by atoms with van der Waals surface area (Å²) in [6.45, 7) is 9.49. The molecule has 0 heterocycles. The fraction of sp³-hybridized carbons (Fsp3) is 0.350. The highest BCUT2D eigenvalue weighted by Crippen LogP contribution is 2.47. The van der Waals surface area contributed by atoms with Crippen LogP contribution in [0.25, 0.3) is 0 Å². The summed E-state index contributed by atoms with van der Waals surface area (Å²) in [5, 5.41) is 9.29. The van der Waals surface area contributed by atoms with E-state index < -0.39 is 17.5 Å². The van der Waals surface area contributed by atoms with Crippen LogP contribution in [0.3, 0.4) is 0 Å². The van der Waals surface area contributed by atoms with Gasteiger partial charge < -0.3 is 9.64 Å². The van der Waals surface area contributed by atoms with E-state index in [4.69, 9.17) is 4.74 Å². The predicted molar refractivity (Wildman–Crippen MR) is 94.8 cm³/mol. The summed E-state index contributed by atoms with van der Waals surface area (Å²) in [5.41, 5.74) is 0.698. The Hall–Kier alpha value is -2.87. The van der Waals surface area contributed by atoms with Crippen molar-refractivity contribution in [3.8, 4) is 6.07 Å². The molecule has 1 atom stereocenters. The molecule has 1 aliphatic carbocycles. The Morgan fingerprint density at radius 2 is 2.00 bits per heavy atom. The van der Waals surface area contributed by atoms with Gasteiger partial charge in [-0.25, -0.2) is 4.79 Å². The summed E-state index contributed by atoms with van der Waals surface area (Å²) in [5.74, 6) is -0.881. The first-order chi connectivity index (χ1) is 12.0. The van der Waals surface area contributed by atoms with Gasteiger partial charge in [0.1, 0.15) is 0 Å². The zero-order chi connectivity index (χ0) is 18.4. The molecule has 25 heavy (non-hydrogen) atoms. The maximum Gasteiger partial charge on any atom is 0.338 e. The number of hydrogen-bond donors (Lipinski definition) is 0. The van der Waals surface area contributed by atoms with Gasteiger partial charge in [-0.2, -0.15) is 5.26 Å². The summed E-state index contributed by atoms with van der Waals surface area (Å²) < 4.78 is 5.31. The Morgan fingerprint density at radius 1 is 1.36 bits per heavy atom. The van der Waals surface area contributed by atoms with Crippen LogP contribution in [0.2, 0.25) is 0 Å². The maximum absolute atomic E-state index is 12.4. The first-order valence-corrected chi connectivity index (χ1v) is 8.21. The van der Waals surface area contributed by atoms with Crippen LogP contribution in [0.5, 0.6) is 0 Å². The van der Waals surface area contributed by atoms with E-state index in [0.29, 0.717) is 18.7 Å². The Labute approximate surface area is 148 Å². The van der Waals surface area contributed by atoms with Crippen LogP contribution in [0.1, 0.15) is 35.7 Å². The van der Waals surface area contributed by atoms with Crippen molar-refractivity contribution in [2.24, 2.45) is 0 Å². The second kappa shape index (κ2) is 7.80. The number of carbonyl (C=O) groups excluding carboxylic acids is 2. The lowest BCUT2D eigenvalue weighted by Gasteiger charge is -2.23. The lowest BCUT2D eigenvalue weighted by molar-refractivity contribution is -0.138. The Balaban J connectivity index is 2.07. The monoisotopic (exact) mass is 338 g/mol. The average molecular weight is 338 g/mol. The number of benzene rings is 1. The first kappa shape index (κ1) is 18.5. The number of ether oxygens (including phenoxy) is 1. The summed E-state index contributed by atoms with van der Waals surface area (Å²) in [6.07, 6.45) is 3.90. The van der Waals surface area contributed by atoms with Gasteiger partial charge in [-0.1, -0.05) is 24.3 Å². The Morgan fingerprint density at radius 3 is 2.52 bits per heavy atom. The molecule has 0 saturated heterocycles. The smallest absolute Gasteiger partial charge is 0.338 e. The molecule has 1 saturated carbocycles. The third-order valence-electron chi connectivity index (χ3n) is 4.26. The van der Waals surface area contributed by atoms with E-state index in [9.17, 15) is 14.9 Å². The van der Waals surface area contributed by atoms with Gasteiger partial charge in [0, 0.05) is 13.1 Å². The lowest BCUT2D eigenvalue weighted by atomic mass is 9.96. The molecule has 1 aliphatic rings. The predicted octanol–water partition coefficient (Wildman–Crippen LogP) is 2.99. The third-order valence-corrected chi connectivity index (χ3v) is 4.26. The van der Waals surface area contributed by atoms with E-state index in [1.165, 1.54) is 4.90 Å². The number of carbonyl (C=O) groups is 2. The summed E-state index contributed by atoms with van der Waals surface area (Å²) in [4.78, 5) is 26.3. The highest BCUT2D eigenvalue weighted by Gasteiger charge is 2.45. The molecule has 0 spiro atoms. The molecule has 0 radical (unpaired) electrons. The fourth-order valence-electron chi connectivity index (χ4n) is 2.64. The zero-order valence-electron chi connectivity index (χ0n) is 14.4. The number of esters is 1. The molecule has 2 rings (SSSR count). The van der Waals surface area contributed by atoms with E-state index in [1.807, 2.05) is 6.07 Å². The van der Waals surface area contributed by atoms with Crippen molar-refractivity contribution in [1.29, 1.82) is 5.26 Å². The van der Waals surface area contributed by atoms with Crippen LogP contribution in [-0.2, 0) is 14.9 Å². The Bertz CT molecular complexity index is 719. The largest absolute Gasteiger partial charge is 0.449 e. The molecule has 0 aromatic heterocycles. The van der Waals surface area contributed by atoms with Gasteiger partial charge in [-0.3, -0.25) is 4.79 Å². The number of hydrogen-bond acceptors (Lipinski definition) is 4. The summed E-state index contributed by atoms with van der Waals surface area (Å²) in [6, 6.07) is 9.19. The van der Waals surface area contributed by atoms with Crippen molar-refractivity contribution in [3.05, 3.63) is 60.7 Å². The minimum absolute atomic E-state index is 0.306. The molecule has 0 aliphatic heterocycles. The number of nitriles is 1. The second-order valence-corrected chi connectivity index (χ2v) is 6.14. The Kier molecular flexibility index (Phi) is 5.76.